The largest absolute Gasteiger partial charge is 0.295 e. The lowest BCUT2D eigenvalue weighted by atomic mass is 9.89. The fourth-order valence-electron chi connectivity index (χ4n) is 2.49. The summed E-state index contributed by atoms with van der Waals surface area (Å²) in [5.74, 6) is 1.11. The molecule has 1 aliphatic rings. The second kappa shape index (κ2) is 7.65. The third-order valence-electron chi connectivity index (χ3n) is 3.45. The monoisotopic (exact) mass is 222 g/mol. The van der Waals surface area contributed by atoms with Crippen LogP contribution >= 0.6 is 0 Å². The Bertz CT molecular complexity index is 240. The van der Waals surface area contributed by atoms with E-state index in [0.717, 1.165) is 31.6 Å². The van der Waals surface area contributed by atoms with E-state index in [-0.39, 0.29) is 0 Å². The standard InChI is InChI=1S/C15H26O/c1-3-4-5-6-8-13(2)11-14-9-7-10-15(16)12-14/h12-13H,3-11H2,1-2H3. The van der Waals surface area contributed by atoms with Crippen LogP contribution in [-0.2, 0) is 4.79 Å². The second-order valence-corrected chi connectivity index (χ2v) is 5.28. The van der Waals surface area contributed by atoms with Crippen LogP contribution in [0.5, 0.6) is 0 Å². The summed E-state index contributed by atoms with van der Waals surface area (Å²) in [6, 6.07) is 0. The summed E-state index contributed by atoms with van der Waals surface area (Å²) in [6.07, 6.45) is 12.8. The highest BCUT2D eigenvalue weighted by atomic mass is 16.1. The second-order valence-electron chi connectivity index (χ2n) is 5.28. The van der Waals surface area contributed by atoms with Gasteiger partial charge in [-0.1, -0.05) is 51.5 Å². The van der Waals surface area contributed by atoms with Crippen LogP contribution in [0.25, 0.3) is 0 Å². The van der Waals surface area contributed by atoms with Crippen LogP contribution in [-0.4, -0.2) is 5.78 Å². The maximum atomic E-state index is 11.3. The summed E-state index contributed by atoms with van der Waals surface area (Å²) in [7, 11) is 0. The highest BCUT2D eigenvalue weighted by Crippen LogP contribution is 2.24. The van der Waals surface area contributed by atoms with Crippen LogP contribution in [0.3, 0.4) is 0 Å². The van der Waals surface area contributed by atoms with Crippen molar-refractivity contribution in [2.75, 3.05) is 0 Å². The number of allylic oxidation sites excluding steroid dienone is 2. The quantitative estimate of drug-likeness (QED) is 0.572. The van der Waals surface area contributed by atoms with E-state index in [2.05, 4.69) is 13.8 Å². The fourth-order valence-corrected chi connectivity index (χ4v) is 2.49. The predicted molar refractivity (Wildman–Crippen MR) is 69.5 cm³/mol. The molecule has 1 rings (SSSR count). The highest BCUT2D eigenvalue weighted by molar-refractivity contribution is 5.91. The van der Waals surface area contributed by atoms with Gasteiger partial charge in [-0.2, -0.15) is 0 Å². The molecule has 0 aliphatic heterocycles. The topological polar surface area (TPSA) is 17.1 Å². The van der Waals surface area contributed by atoms with Gasteiger partial charge in [0, 0.05) is 6.42 Å². The smallest absolute Gasteiger partial charge is 0.155 e. The van der Waals surface area contributed by atoms with Crippen molar-refractivity contribution in [1.82, 2.24) is 0 Å². The Kier molecular flexibility index (Phi) is 6.44. The molecular weight excluding hydrogens is 196 g/mol. The van der Waals surface area contributed by atoms with E-state index in [9.17, 15) is 4.79 Å². The van der Waals surface area contributed by atoms with E-state index in [0.29, 0.717) is 5.78 Å². The minimum Gasteiger partial charge on any atom is -0.295 e. The van der Waals surface area contributed by atoms with Gasteiger partial charge in [-0.3, -0.25) is 4.79 Å². The molecule has 1 aliphatic carbocycles. The van der Waals surface area contributed by atoms with Gasteiger partial charge in [-0.25, -0.2) is 0 Å². The Morgan fingerprint density at radius 2 is 2.06 bits per heavy atom. The number of unbranched alkanes of at least 4 members (excludes halogenated alkanes) is 3. The number of carbonyl (C=O) groups is 1. The Hall–Kier alpha value is -0.590. The molecule has 16 heavy (non-hydrogen) atoms. The van der Waals surface area contributed by atoms with Crippen LogP contribution in [0.1, 0.15) is 71.6 Å². The average molecular weight is 222 g/mol. The summed E-state index contributed by atoms with van der Waals surface area (Å²) >= 11 is 0. The van der Waals surface area contributed by atoms with Crippen LogP contribution in [0.15, 0.2) is 11.6 Å². The fraction of sp³-hybridized carbons (Fsp3) is 0.800. The summed E-state index contributed by atoms with van der Waals surface area (Å²) in [6.45, 7) is 4.58. The molecule has 0 saturated carbocycles. The van der Waals surface area contributed by atoms with Gasteiger partial charge in [-0.15, -0.1) is 0 Å². The van der Waals surface area contributed by atoms with Crippen molar-refractivity contribution in [3.8, 4) is 0 Å². The van der Waals surface area contributed by atoms with E-state index in [4.69, 9.17) is 0 Å². The first-order valence-electron chi connectivity index (χ1n) is 6.94. The lowest BCUT2D eigenvalue weighted by Gasteiger charge is -2.16. The highest BCUT2D eigenvalue weighted by Gasteiger charge is 2.12. The van der Waals surface area contributed by atoms with Crippen molar-refractivity contribution in [2.45, 2.75) is 71.6 Å². The SMILES string of the molecule is CCCCCCC(C)CC1=CC(=O)CCC1. The molecule has 1 nitrogen and oxygen atoms in total. The number of hydrogen-bond acceptors (Lipinski definition) is 1. The van der Waals surface area contributed by atoms with Crippen molar-refractivity contribution in [3.05, 3.63) is 11.6 Å². The molecule has 0 radical (unpaired) electrons. The molecule has 0 N–H and O–H groups in total. The normalized spacial score (nSPS) is 18.4. The molecule has 0 aromatic rings. The van der Waals surface area contributed by atoms with E-state index in [1.807, 2.05) is 6.08 Å². The maximum absolute atomic E-state index is 11.3. The minimum absolute atomic E-state index is 0.347. The Morgan fingerprint density at radius 3 is 2.75 bits per heavy atom. The molecule has 0 bridgehead atoms. The molecule has 1 unspecified atom stereocenters. The van der Waals surface area contributed by atoms with Crippen LogP contribution < -0.4 is 0 Å². The van der Waals surface area contributed by atoms with Crippen LogP contribution in [0, 0.1) is 5.92 Å². The molecule has 0 amide bonds. The van der Waals surface area contributed by atoms with Gasteiger partial charge in [0.25, 0.3) is 0 Å². The molecule has 0 saturated heterocycles. The number of rotatable bonds is 7. The lowest BCUT2D eigenvalue weighted by molar-refractivity contribution is -0.115. The van der Waals surface area contributed by atoms with Gasteiger partial charge in [0.15, 0.2) is 5.78 Å². The molecule has 0 fully saturated rings. The average Bonchev–Trinajstić information content (AvgIpc) is 2.24. The van der Waals surface area contributed by atoms with Crippen LogP contribution in [0.2, 0.25) is 0 Å². The first kappa shape index (κ1) is 13.5. The predicted octanol–water partition coefficient (Wildman–Crippen LogP) is 4.66. The zero-order valence-electron chi connectivity index (χ0n) is 10.9. The van der Waals surface area contributed by atoms with Crippen molar-refractivity contribution >= 4 is 5.78 Å². The molecule has 0 aromatic heterocycles. The molecule has 1 atom stereocenters. The summed E-state index contributed by atoms with van der Waals surface area (Å²) < 4.78 is 0. The third kappa shape index (κ3) is 5.48. The minimum atomic E-state index is 0.347. The third-order valence-corrected chi connectivity index (χ3v) is 3.45. The van der Waals surface area contributed by atoms with Gasteiger partial charge in [-0.05, 0) is 31.3 Å². The van der Waals surface area contributed by atoms with Crippen molar-refractivity contribution < 1.29 is 4.79 Å². The van der Waals surface area contributed by atoms with Crippen molar-refractivity contribution in [2.24, 2.45) is 5.92 Å². The van der Waals surface area contributed by atoms with Crippen molar-refractivity contribution in [3.63, 3.8) is 0 Å². The van der Waals surface area contributed by atoms with E-state index in [1.165, 1.54) is 37.7 Å². The summed E-state index contributed by atoms with van der Waals surface area (Å²) in [5, 5.41) is 0. The number of hydrogen-bond donors (Lipinski definition) is 0. The zero-order chi connectivity index (χ0) is 11.8. The zero-order valence-corrected chi connectivity index (χ0v) is 10.9. The van der Waals surface area contributed by atoms with Gasteiger partial charge in [0.05, 0.1) is 0 Å². The molecule has 0 spiro atoms. The summed E-state index contributed by atoms with van der Waals surface area (Å²) in [5.41, 5.74) is 1.40. The van der Waals surface area contributed by atoms with E-state index < -0.39 is 0 Å². The Morgan fingerprint density at radius 1 is 1.25 bits per heavy atom. The molecule has 0 heterocycles. The van der Waals surface area contributed by atoms with Gasteiger partial charge in [0.1, 0.15) is 0 Å². The number of carbonyl (C=O) groups excluding carboxylic acids is 1. The molecule has 1 heteroatoms. The van der Waals surface area contributed by atoms with Gasteiger partial charge < -0.3 is 0 Å². The van der Waals surface area contributed by atoms with E-state index >= 15 is 0 Å². The van der Waals surface area contributed by atoms with E-state index in [1.54, 1.807) is 0 Å². The molecule has 0 aromatic carbocycles. The van der Waals surface area contributed by atoms with Crippen molar-refractivity contribution in [1.29, 1.82) is 0 Å². The first-order valence-corrected chi connectivity index (χ1v) is 6.94. The first-order chi connectivity index (χ1) is 7.72. The lowest BCUT2D eigenvalue weighted by Crippen LogP contribution is -2.06. The maximum Gasteiger partial charge on any atom is 0.155 e. The van der Waals surface area contributed by atoms with Gasteiger partial charge >= 0.3 is 0 Å². The van der Waals surface area contributed by atoms with Crippen LogP contribution in [0.4, 0.5) is 0 Å². The Balaban J connectivity index is 2.18. The molecule has 92 valence electrons. The summed E-state index contributed by atoms with van der Waals surface area (Å²) in [4.78, 5) is 11.3. The van der Waals surface area contributed by atoms with Gasteiger partial charge in [0.2, 0.25) is 0 Å². The number of ketones is 1. The molecular formula is C15H26O. The Labute approximate surface area is 100 Å².